The molecule has 0 fully saturated rings. The normalized spacial score (nSPS) is 11.3. The Hall–Kier alpha value is -3.09. The Morgan fingerprint density at radius 2 is 1.88 bits per heavy atom. The molecule has 0 atom stereocenters. The second-order valence-electron chi connectivity index (χ2n) is 5.44. The van der Waals surface area contributed by atoms with Gasteiger partial charge in [-0.1, -0.05) is 18.2 Å². The summed E-state index contributed by atoms with van der Waals surface area (Å²) in [5.74, 6) is -0.595. The molecule has 0 aliphatic carbocycles. The van der Waals surface area contributed by atoms with Crippen molar-refractivity contribution in [3.8, 4) is 0 Å². The predicted octanol–water partition coefficient (Wildman–Crippen LogP) is 4.20. The van der Waals surface area contributed by atoms with Gasteiger partial charge in [-0.3, -0.25) is 9.48 Å². The summed E-state index contributed by atoms with van der Waals surface area (Å²) in [7, 11) is 0. The molecule has 0 aliphatic rings. The van der Waals surface area contributed by atoms with Crippen LogP contribution in [0.1, 0.15) is 21.5 Å². The summed E-state index contributed by atoms with van der Waals surface area (Å²) in [6.07, 6.45) is -1.01. The van der Waals surface area contributed by atoms with Gasteiger partial charge in [0, 0.05) is 23.6 Å². The lowest BCUT2D eigenvalue weighted by atomic mass is 10.1. The summed E-state index contributed by atoms with van der Waals surface area (Å²) >= 11 is 0. The second-order valence-corrected chi connectivity index (χ2v) is 5.44. The van der Waals surface area contributed by atoms with E-state index in [9.17, 15) is 18.0 Å². The summed E-state index contributed by atoms with van der Waals surface area (Å²) < 4.78 is 40.0. The molecule has 1 aromatic heterocycles. The third kappa shape index (κ3) is 4.26. The molecule has 0 spiro atoms. The minimum atomic E-state index is -4.49. The van der Waals surface area contributed by atoms with Crippen LogP contribution in [0.5, 0.6) is 0 Å². The molecular formula is C18H14F3N3O. The van der Waals surface area contributed by atoms with Crippen LogP contribution in [0.2, 0.25) is 0 Å². The van der Waals surface area contributed by atoms with Crippen molar-refractivity contribution in [1.82, 2.24) is 9.78 Å². The van der Waals surface area contributed by atoms with Crippen molar-refractivity contribution < 1.29 is 18.0 Å². The largest absolute Gasteiger partial charge is 0.416 e. The highest BCUT2D eigenvalue weighted by Crippen LogP contribution is 2.29. The number of benzene rings is 2. The molecule has 1 N–H and O–H groups in total. The van der Waals surface area contributed by atoms with Crippen LogP contribution in [-0.4, -0.2) is 15.7 Å². The number of carbonyl (C=O) groups is 1. The van der Waals surface area contributed by atoms with Crippen LogP contribution in [-0.2, 0) is 12.7 Å². The molecule has 0 radical (unpaired) electrons. The Kier molecular flexibility index (Phi) is 4.56. The SMILES string of the molecule is O=C(Nc1cccc(Cn2cccn2)c1)c1cccc(C(F)(F)F)c1. The minimum absolute atomic E-state index is 0.0488. The zero-order valence-electron chi connectivity index (χ0n) is 13.0. The van der Waals surface area contributed by atoms with Gasteiger partial charge >= 0.3 is 6.18 Å². The van der Waals surface area contributed by atoms with Gasteiger partial charge in [0.05, 0.1) is 12.1 Å². The zero-order chi connectivity index (χ0) is 17.9. The number of aromatic nitrogens is 2. The quantitative estimate of drug-likeness (QED) is 0.770. The third-order valence-electron chi connectivity index (χ3n) is 3.54. The van der Waals surface area contributed by atoms with E-state index in [2.05, 4.69) is 10.4 Å². The van der Waals surface area contributed by atoms with Crippen LogP contribution in [0.15, 0.2) is 67.0 Å². The van der Waals surface area contributed by atoms with Gasteiger partial charge in [-0.2, -0.15) is 18.3 Å². The van der Waals surface area contributed by atoms with E-state index < -0.39 is 17.6 Å². The molecule has 0 saturated heterocycles. The third-order valence-corrected chi connectivity index (χ3v) is 3.54. The van der Waals surface area contributed by atoms with Gasteiger partial charge in [0.1, 0.15) is 0 Å². The fourth-order valence-electron chi connectivity index (χ4n) is 2.37. The Morgan fingerprint density at radius 3 is 2.60 bits per heavy atom. The van der Waals surface area contributed by atoms with Gasteiger partial charge in [-0.25, -0.2) is 0 Å². The molecule has 25 heavy (non-hydrogen) atoms. The topological polar surface area (TPSA) is 46.9 Å². The van der Waals surface area contributed by atoms with Gasteiger partial charge in [0.2, 0.25) is 0 Å². The Morgan fingerprint density at radius 1 is 1.08 bits per heavy atom. The van der Waals surface area contributed by atoms with Crippen molar-refractivity contribution in [2.75, 3.05) is 5.32 Å². The summed E-state index contributed by atoms with van der Waals surface area (Å²) in [5.41, 5.74) is 0.512. The van der Waals surface area contributed by atoms with Crippen LogP contribution < -0.4 is 5.32 Å². The van der Waals surface area contributed by atoms with E-state index in [1.165, 1.54) is 12.1 Å². The number of nitrogens with zero attached hydrogens (tertiary/aromatic N) is 2. The molecule has 7 heteroatoms. The van der Waals surface area contributed by atoms with E-state index in [1.807, 2.05) is 12.3 Å². The molecule has 3 aromatic rings. The average Bonchev–Trinajstić information content (AvgIpc) is 3.07. The van der Waals surface area contributed by atoms with Gasteiger partial charge in [0.25, 0.3) is 5.91 Å². The van der Waals surface area contributed by atoms with Crippen molar-refractivity contribution in [3.05, 3.63) is 83.7 Å². The fourth-order valence-corrected chi connectivity index (χ4v) is 2.37. The van der Waals surface area contributed by atoms with Crippen molar-refractivity contribution >= 4 is 11.6 Å². The van der Waals surface area contributed by atoms with E-state index in [4.69, 9.17) is 0 Å². The first kappa shape index (κ1) is 16.8. The number of hydrogen-bond donors (Lipinski definition) is 1. The van der Waals surface area contributed by atoms with Gasteiger partial charge in [-0.15, -0.1) is 0 Å². The smallest absolute Gasteiger partial charge is 0.322 e. The zero-order valence-corrected chi connectivity index (χ0v) is 13.0. The number of amides is 1. The van der Waals surface area contributed by atoms with Crippen molar-refractivity contribution in [2.45, 2.75) is 12.7 Å². The first-order valence-electron chi connectivity index (χ1n) is 7.47. The van der Waals surface area contributed by atoms with Crippen LogP contribution in [0.4, 0.5) is 18.9 Å². The molecule has 3 rings (SSSR count). The van der Waals surface area contributed by atoms with Crippen LogP contribution in [0.3, 0.4) is 0 Å². The standard InChI is InChI=1S/C18H14F3N3O/c19-18(20,21)15-6-2-5-14(11-15)17(25)23-16-7-1-4-13(10-16)12-24-9-3-8-22-24/h1-11H,12H2,(H,23,25). The molecule has 0 bridgehead atoms. The number of halogens is 3. The average molecular weight is 345 g/mol. The van der Waals surface area contributed by atoms with Crippen LogP contribution in [0, 0.1) is 0 Å². The van der Waals surface area contributed by atoms with E-state index in [1.54, 1.807) is 35.1 Å². The van der Waals surface area contributed by atoms with E-state index >= 15 is 0 Å². The molecule has 4 nitrogen and oxygen atoms in total. The second kappa shape index (κ2) is 6.80. The maximum atomic E-state index is 12.8. The molecular weight excluding hydrogens is 331 g/mol. The fraction of sp³-hybridized carbons (Fsp3) is 0.111. The molecule has 0 unspecified atom stereocenters. The molecule has 128 valence electrons. The lowest BCUT2D eigenvalue weighted by molar-refractivity contribution is -0.137. The lowest BCUT2D eigenvalue weighted by Gasteiger charge is -2.10. The van der Waals surface area contributed by atoms with Gasteiger partial charge in [0.15, 0.2) is 0 Å². The molecule has 1 heterocycles. The Balaban J connectivity index is 1.75. The number of alkyl halides is 3. The van der Waals surface area contributed by atoms with E-state index in [0.717, 1.165) is 17.7 Å². The summed E-state index contributed by atoms with van der Waals surface area (Å²) in [6, 6.07) is 13.2. The van der Waals surface area contributed by atoms with Gasteiger partial charge < -0.3 is 5.32 Å². The lowest BCUT2D eigenvalue weighted by Crippen LogP contribution is -2.14. The maximum Gasteiger partial charge on any atom is 0.416 e. The van der Waals surface area contributed by atoms with E-state index in [0.29, 0.717) is 12.2 Å². The predicted molar refractivity (Wildman–Crippen MR) is 87.2 cm³/mol. The monoisotopic (exact) mass is 345 g/mol. The highest BCUT2D eigenvalue weighted by Gasteiger charge is 2.30. The number of anilines is 1. The molecule has 1 amide bonds. The molecule has 2 aromatic carbocycles. The number of nitrogens with one attached hydrogen (secondary N) is 1. The molecule has 0 saturated carbocycles. The van der Waals surface area contributed by atoms with Crippen molar-refractivity contribution in [2.24, 2.45) is 0 Å². The van der Waals surface area contributed by atoms with Gasteiger partial charge in [-0.05, 0) is 42.0 Å². The molecule has 0 aliphatic heterocycles. The highest BCUT2D eigenvalue weighted by molar-refractivity contribution is 6.04. The Bertz CT molecular complexity index is 873. The number of hydrogen-bond acceptors (Lipinski definition) is 2. The Labute approximate surface area is 141 Å². The first-order chi connectivity index (χ1) is 11.9. The summed E-state index contributed by atoms with van der Waals surface area (Å²) in [6.45, 7) is 0.528. The number of rotatable bonds is 4. The van der Waals surface area contributed by atoms with Crippen LogP contribution in [0.25, 0.3) is 0 Å². The van der Waals surface area contributed by atoms with E-state index in [-0.39, 0.29) is 5.56 Å². The highest BCUT2D eigenvalue weighted by atomic mass is 19.4. The summed E-state index contributed by atoms with van der Waals surface area (Å²) in [4.78, 5) is 12.2. The van der Waals surface area contributed by atoms with Crippen molar-refractivity contribution in [3.63, 3.8) is 0 Å². The summed E-state index contributed by atoms with van der Waals surface area (Å²) in [5, 5.41) is 6.73. The maximum absolute atomic E-state index is 12.8. The minimum Gasteiger partial charge on any atom is -0.322 e. The first-order valence-corrected chi connectivity index (χ1v) is 7.47. The van der Waals surface area contributed by atoms with Crippen molar-refractivity contribution in [1.29, 1.82) is 0 Å². The number of carbonyl (C=O) groups excluding carboxylic acids is 1. The van der Waals surface area contributed by atoms with Crippen LogP contribution >= 0.6 is 0 Å².